The predicted molar refractivity (Wildman–Crippen MR) is 120 cm³/mol. The molecule has 4 rings (SSSR count). The summed E-state index contributed by atoms with van der Waals surface area (Å²) in [5, 5.41) is 1.90. The molecule has 1 fully saturated rings. The molecule has 0 aliphatic carbocycles. The summed E-state index contributed by atoms with van der Waals surface area (Å²) in [4.78, 5) is 38.0. The lowest BCUT2D eigenvalue weighted by molar-refractivity contribution is -0.127. The van der Waals surface area contributed by atoms with E-state index in [9.17, 15) is 18.8 Å². The molecule has 0 atom stereocenters. The molecule has 3 aromatic rings. The molecule has 1 saturated heterocycles. The van der Waals surface area contributed by atoms with E-state index in [0.717, 1.165) is 32.8 Å². The first-order chi connectivity index (χ1) is 14.9. The third-order valence-corrected chi connectivity index (χ3v) is 5.69. The van der Waals surface area contributed by atoms with Crippen LogP contribution in [0.3, 0.4) is 0 Å². The maximum Gasteiger partial charge on any atom is 0.294 e. The second kappa shape index (κ2) is 8.91. The molecule has 2 aromatic carbocycles. The lowest BCUT2D eigenvalue weighted by Gasteiger charge is -2.12. The van der Waals surface area contributed by atoms with Crippen molar-refractivity contribution in [1.82, 2.24) is 4.90 Å². The van der Waals surface area contributed by atoms with E-state index in [4.69, 9.17) is 4.42 Å². The number of halogens is 2. The number of thioether (sulfide) groups is 1. The number of nitrogens with zero attached hydrogens (tertiary/aromatic N) is 1. The molecule has 1 aromatic heterocycles. The number of imide groups is 1. The van der Waals surface area contributed by atoms with Crippen LogP contribution in [0.5, 0.6) is 0 Å². The van der Waals surface area contributed by atoms with Gasteiger partial charge in [0, 0.05) is 21.8 Å². The van der Waals surface area contributed by atoms with Crippen molar-refractivity contribution in [3.05, 3.63) is 81.6 Å². The zero-order valence-electron chi connectivity index (χ0n) is 15.8. The molecule has 0 bridgehead atoms. The second-order valence-electron chi connectivity index (χ2n) is 6.54. The van der Waals surface area contributed by atoms with Gasteiger partial charge in [-0.2, -0.15) is 0 Å². The van der Waals surface area contributed by atoms with Crippen molar-refractivity contribution in [2.75, 3.05) is 11.9 Å². The Balaban J connectivity index is 1.45. The first-order valence-electron chi connectivity index (χ1n) is 9.05. The highest BCUT2D eigenvalue weighted by molar-refractivity contribution is 9.10. The molecule has 31 heavy (non-hydrogen) atoms. The number of amides is 3. The minimum absolute atomic E-state index is 0.152. The number of furan rings is 1. The smallest absolute Gasteiger partial charge is 0.294 e. The highest BCUT2D eigenvalue weighted by atomic mass is 79.9. The molecule has 1 aliphatic heterocycles. The summed E-state index contributed by atoms with van der Waals surface area (Å²) in [6.45, 7) is -0.472. The molecule has 0 saturated carbocycles. The Hall–Kier alpha value is -3.17. The summed E-state index contributed by atoms with van der Waals surface area (Å²) in [6.07, 6.45) is 1.47. The van der Waals surface area contributed by atoms with Crippen LogP contribution in [0.2, 0.25) is 0 Å². The standard InChI is InChI=1S/C22H14BrFN2O4S/c23-14-4-1-3-13(9-14)18-8-7-17(30-18)11-19-21(28)26(22(29)31-19)12-20(27)25-16-6-2-5-15(24)10-16/h1-11H,12H2,(H,25,27)/b19-11+. The summed E-state index contributed by atoms with van der Waals surface area (Å²) < 4.78 is 19.9. The maximum atomic E-state index is 13.2. The fourth-order valence-corrected chi connectivity index (χ4v) is 4.12. The fourth-order valence-electron chi connectivity index (χ4n) is 2.90. The van der Waals surface area contributed by atoms with Crippen molar-refractivity contribution in [2.45, 2.75) is 0 Å². The Bertz CT molecular complexity index is 1220. The number of nitrogens with one attached hydrogen (secondary N) is 1. The van der Waals surface area contributed by atoms with Crippen molar-refractivity contribution < 1.29 is 23.2 Å². The van der Waals surface area contributed by atoms with Crippen LogP contribution in [0.1, 0.15) is 5.76 Å². The molecular weight excluding hydrogens is 487 g/mol. The van der Waals surface area contributed by atoms with Crippen LogP contribution in [0, 0.1) is 5.82 Å². The normalized spacial score (nSPS) is 15.0. The van der Waals surface area contributed by atoms with Crippen LogP contribution in [0.25, 0.3) is 17.4 Å². The Labute approximate surface area is 189 Å². The van der Waals surface area contributed by atoms with E-state index >= 15 is 0 Å². The summed E-state index contributed by atoms with van der Waals surface area (Å²) in [5.74, 6) is -0.688. The van der Waals surface area contributed by atoms with Crippen molar-refractivity contribution in [2.24, 2.45) is 0 Å². The minimum Gasteiger partial charge on any atom is -0.457 e. The van der Waals surface area contributed by atoms with Crippen LogP contribution in [-0.2, 0) is 9.59 Å². The minimum atomic E-state index is -0.607. The van der Waals surface area contributed by atoms with Gasteiger partial charge in [-0.1, -0.05) is 34.1 Å². The van der Waals surface area contributed by atoms with E-state index in [1.807, 2.05) is 24.3 Å². The third-order valence-electron chi connectivity index (χ3n) is 4.29. The number of anilines is 1. The van der Waals surface area contributed by atoms with Gasteiger partial charge in [0.25, 0.3) is 11.1 Å². The van der Waals surface area contributed by atoms with E-state index in [1.165, 1.54) is 24.3 Å². The largest absolute Gasteiger partial charge is 0.457 e. The fraction of sp³-hybridized carbons (Fsp3) is 0.0455. The van der Waals surface area contributed by atoms with Gasteiger partial charge in [0.05, 0.1) is 4.91 Å². The highest BCUT2D eigenvalue weighted by Crippen LogP contribution is 2.33. The average molecular weight is 501 g/mol. The van der Waals surface area contributed by atoms with Crippen LogP contribution in [0.4, 0.5) is 14.9 Å². The summed E-state index contributed by atoms with van der Waals surface area (Å²) in [5.41, 5.74) is 1.10. The Kier molecular flexibility index (Phi) is 6.06. The lowest BCUT2D eigenvalue weighted by Crippen LogP contribution is -2.36. The molecule has 1 aliphatic rings. The summed E-state index contributed by atoms with van der Waals surface area (Å²) >= 11 is 4.13. The van der Waals surface area contributed by atoms with Crippen molar-refractivity contribution >= 4 is 56.5 Å². The van der Waals surface area contributed by atoms with Crippen LogP contribution in [0.15, 0.2) is 74.5 Å². The molecule has 0 unspecified atom stereocenters. The van der Waals surface area contributed by atoms with E-state index < -0.39 is 29.4 Å². The van der Waals surface area contributed by atoms with Crippen molar-refractivity contribution in [3.63, 3.8) is 0 Å². The quantitative estimate of drug-likeness (QED) is 0.466. The number of hydrogen-bond donors (Lipinski definition) is 1. The highest BCUT2D eigenvalue weighted by Gasteiger charge is 2.36. The van der Waals surface area contributed by atoms with E-state index in [-0.39, 0.29) is 10.6 Å². The number of carbonyl (C=O) groups excluding carboxylic acids is 3. The summed E-state index contributed by atoms with van der Waals surface area (Å²) in [7, 11) is 0. The third kappa shape index (κ3) is 4.95. The monoisotopic (exact) mass is 500 g/mol. The topological polar surface area (TPSA) is 79.6 Å². The number of rotatable bonds is 5. The van der Waals surface area contributed by atoms with Crippen LogP contribution in [-0.4, -0.2) is 28.5 Å². The van der Waals surface area contributed by atoms with Gasteiger partial charge in [-0.05, 0) is 54.2 Å². The van der Waals surface area contributed by atoms with Crippen molar-refractivity contribution in [1.29, 1.82) is 0 Å². The molecule has 0 radical (unpaired) electrons. The Morgan fingerprint density at radius 3 is 2.71 bits per heavy atom. The molecule has 2 heterocycles. The SMILES string of the molecule is O=C(CN1C(=O)S/C(=C/c2ccc(-c3cccc(Br)c3)o2)C1=O)Nc1cccc(F)c1. The Morgan fingerprint density at radius 2 is 1.94 bits per heavy atom. The number of hydrogen-bond acceptors (Lipinski definition) is 5. The van der Waals surface area contributed by atoms with Gasteiger partial charge in [0.15, 0.2) is 0 Å². The Morgan fingerprint density at radius 1 is 1.13 bits per heavy atom. The first kappa shape index (κ1) is 21.1. The van der Waals surface area contributed by atoms with Crippen LogP contribution >= 0.6 is 27.7 Å². The molecule has 3 amide bonds. The van der Waals surface area contributed by atoms with E-state index in [1.54, 1.807) is 12.1 Å². The van der Waals surface area contributed by atoms with Crippen molar-refractivity contribution in [3.8, 4) is 11.3 Å². The van der Waals surface area contributed by atoms with Gasteiger partial charge >= 0.3 is 0 Å². The molecule has 1 N–H and O–H groups in total. The first-order valence-corrected chi connectivity index (χ1v) is 10.7. The lowest BCUT2D eigenvalue weighted by atomic mass is 10.2. The number of benzene rings is 2. The van der Waals surface area contributed by atoms with Gasteiger partial charge in [-0.3, -0.25) is 19.3 Å². The van der Waals surface area contributed by atoms with Gasteiger partial charge in [-0.15, -0.1) is 0 Å². The van der Waals surface area contributed by atoms with E-state index in [0.29, 0.717) is 11.5 Å². The van der Waals surface area contributed by atoms with Gasteiger partial charge in [-0.25, -0.2) is 4.39 Å². The predicted octanol–water partition coefficient (Wildman–Crippen LogP) is 5.52. The zero-order valence-corrected chi connectivity index (χ0v) is 18.2. The zero-order chi connectivity index (χ0) is 22.0. The molecule has 9 heteroatoms. The van der Waals surface area contributed by atoms with Gasteiger partial charge in [0.2, 0.25) is 5.91 Å². The van der Waals surface area contributed by atoms with Crippen LogP contribution < -0.4 is 5.32 Å². The number of carbonyl (C=O) groups is 3. The maximum absolute atomic E-state index is 13.2. The van der Waals surface area contributed by atoms with E-state index in [2.05, 4.69) is 21.2 Å². The van der Waals surface area contributed by atoms with Gasteiger partial charge < -0.3 is 9.73 Å². The van der Waals surface area contributed by atoms with Gasteiger partial charge in [0.1, 0.15) is 23.9 Å². The average Bonchev–Trinajstić information content (AvgIpc) is 3.29. The molecular formula is C22H14BrFN2O4S. The molecule has 156 valence electrons. The summed E-state index contributed by atoms with van der Waals surface area (Å²) in [6, 6.07) is 16.4. The second-order valence-corrected chi connectivity index (χ2v) is 8.45. The molecule has 6 nitrogen and oxygen atoms in total. The molecule has 0 spiro atoms.